The maximum atomic E-state index is 12.2. The van der Waals surface area contributed by atoms with Gasteiger partial charge in [-0.05, 0) is 55.2 Å². The fraction of sp³-hybridized carbons (Fsp3) is 0.483. The molecule has 0 spiro atoms. The van der Waals surface area contributed by atoms with E-state index in [0.717, 1.165) is 24.0 Å². The van der Waals surface area contributed by atoms with Crippen LogP contribution >= 0.6 is 0 Å². The van der Waals surface area contributed by atoms with Gasteiger partial charge in [0.05, 0.1) is 0 Å². The van der Waals surface area contributed by atoms with Crippen LogP contribution in [0.4, 0.5) is 0 Å². The van der Waals surface area contributed by atoms with Crippen LogP contribution in [0.1, 0.15) is 63.6 Å². The average molecular weight is 515 g/mol. The zero-order valence-electron chi connectivity index (χ0n) is 22.4. The number of rotatable bonds is 14. The maximum absolute atomic E-state index is 12.2. The highest BCUT2D eigenvalue weighted by atomic mass is 16.5. The lowest BCUT2D eigenvalue weighted by Gasteiger charge is -2.19. The number of benzene rings is 2. The number of nitrogens with one attached hydrogen (secondary N) is 1. The lowest BCUT2D eigenvalue weighted by molar-refractivity contribution is -0.148. The molecular formula is C29H42N2O6. The molecule has 0 unspecified atom stereocenters. The van der Waals surface area contributed by atoms with E-state index in [1.165, 1.54) is 5.56 Å². The number of hydrogen-bond acceptors (Lipinski definition) is 6. The highest BCUT2D eigenvalue weighted by Gasteiger charge is 2.24. The van der Waals surface area contributed by atoms with Crippen molar-refractivity contribution in [2.75, 3.05) is 0 Å². The van der Waals surface area contributed by atoms with Crippen molar-refractivity contribution in [1.29, 1.82) is 0 Å². The van der Waals surface area contributed by atoms with E-state index in [-0.39, 0.29) is 6.61 Å². The molecule has 0 bridgehead atoms. The molecule has 204 valence electrons. The third-order valence-electron chi connectivity index (χ3n) is 5.65. The van der Waals surface area contributed by atoms with Crippen molar-refractivity contribution in [3.8, 4) is 0 Å². The molecular weight excluding hydrogens is 472 g/mol. The molecule has 0 aliphatic heterocycles. The summed E-state index contributed by atoms with van der Waals surface area (Å²) in [5.74, 6) is -1.98. The number of carbonyl (C=O) groups is 3. The molecule has 2 rings (SSSR count). The third kappa shape index (κ3) is 13.6. The zero-order valence-corrected chi connectivity index (χ0v) is 22.4. The summed E-state index contributed by atoms with van der Waals surface area (Å²) in [4.78, 5) is 33.9. The fourth-order valence-electron chi connectivity index (χ4n) is 3.58. The van der Waals surface area contributed by atoms with Crippen molar-refractivity contribution in [2.45, 2.75) is 84.5 Å². The molecule has 5 N–H and O–H groups in total. The number of nitrogens with two attached hydrogens (primary N) is 1. The van der Waals surface area contributed by atoms with E-state index in [4.69, 9.17) is 15.6 Å². The number of hydrogen-bond donors (Lipinski definition) is 4. The second-order valence-corrected chi connectivity index (χ2v) is 9.55. The zero-order chi connectivity index (χ0) is 27.8. The quantitative estimate of drug-likeness (QED) is 0.275. The van der Waals surface area contributed by atoms with E-state index in [9.17, 15) is 19.5 Å². The van der Waals surface area contributed by atoms with Crippen LogP contribution in [0.15, 0.2) is 54.6 Å². The number of aryl methyl sites for hydroxylation is 2. The van der Waals surface area contributed by atoms with Gasteiger partial charge in [-0.25, -0.2) is 0 Å². The summed E-state index contributed by atoms with van der Waals surface area (Å²) in [5.41, 5.74) is 8.49. The van der Waals surface area contributed by atoms with E-state index in [1.807, 2.05) is 56.3 Å². The smallest absolute Gasteiger partial charge is 0.323 e. The Morgan fingerprint density at radius 3 is 1.89 bits per heavy atom. The van der Waals surface area contributed by atoms with Crippen LogP contribution in [0.3, 0.4) is 0 Å². The molecule has 0 aliphatic rings. The molecule has 8 nitrogen and oxygen atoms in total. The van der Waals surface area contributed by atoms with E-state index in [0.29, 0.717) is 25.2 Å². The number of esters is 1. The Balaban J connectivity index is 0.000000649. The molecule has 37 heavy (non-hydrogen) atoms. The van der Waals surface area contributed by atoms with Gasteiger partial charge in [0.15, 0.2) is 0 Å². The summed E-state index contributed by atoms with van der Waals surface area (Å²) in [6, 6.07) is 15.5. The molecule has 0 aliphatic carbocycles. The number of aliphatic carboxylic acids is 2. The minimum absolute atomic E-state index is 0.174. The lowest BCUT2D eigenvalue weighted by atomic mass is 10.0. The van der Waals surface area contributed by atoms with Gasteiger partial charge in [0.1, 0.15) is 24.7 Å². The monoisotopic (exact) mass is 514 g/mol. The predicted molar refractivity (Wildman–Crippen MR) is 144 cm³/mol. The Morgan fingerprint density at radius 1 is 0.865 bits per heavy atom. The molecule has 0 radical (unpaired) electrons. The van der Waals surface area contributed by atoms with Gasteiger partial charge >= 0.3 is 17.9 Å². The first-order valence-corrected chi connectivity index (χ1v) is 12.8. The fourth-order valence-corrected chi connectivity index (χ4v) is 3.58. The normalized spacial score (nSPS) is 13.1. The molecule has 2 aromatic rings. The Morgan fingerprint density at radius 2 is 1.43 bits per heavy atom. The Kier molecular flexibility index (Phi) is 14.8. The average Bonchev–Trinajstić information content (AvgIpc) is 2.86. The summed E-state index contributed by atoms with van der Waals surface area (Å²) >= 11 is 0. The minimum atomic E-state index is -0.967. The number of carboxylic acid groups (broad SMARTS) is 2. The molecule has 0 saturated heterocycles. The maximum Gasteiger partial charge on any atom is 0.323 e. The summed E-state index contributed by atoms with van der Waals surface area (Å²) < 4.78 is 5.28. The summed E-state index contributed by atoms with van der Waals surface area (Å²) in [6.07, 6.45) is 3.72. The second kappa shape index (κ2) is 17.3. The second-order valence-electron chi connectivity index (χ2n) is 9.55. The van der Waals surface area contributed by atoms with Gasteiger partial charge in [-0.1, -0.05) is 81.8 Å². The standard InChI is InChI=1S/C23H29NO4.C6H13NO2/c1-3-7-18-10-12-19(13-11-18)14-15-21(22(25)26)24-17(2)23(27)28-16-20-8-5-4-6-9-20;1-4(2)3-5(7)6(8)9/h4-6,8-13,17,21,24H,3,7,14-16H2,1-2H3,(H,25,26);4-5H,3,7H2,1-2H3,(H,8,9)/t17-,21+;5-/m10/s1. The Labute approximate surface area is 220 Å². The van der Waals surface area contributed by atoms with Crippen molar-refractivity contribution in [1.82, 2.24) is 5.32 Å². The molecule has 0 saturated carbocycles. The van der Waals surface area contributed by atoms with Gasteiger partial charge in [-0.15, -0.1) is 0 Å². The molecule has 8 heteroatoms. The number of carboxylic acids is 2. The largest absolute Gasteiger partial charge is 0.480 e. The molecule has 3 atom stereocenters. The van der Waals surface area contributed by atoms with Gasteiger partial charge in [0, 0.05) is 0 Å². The van der Waals surface area contributed by atoms with Crippen molar-refractivity contribution in [3.63, 3.8) is 0 Å². The summed E-state index contributed by atoms with van der Waals surface area (Å²) in [7, 11) is 0. The Bertz CT molecular complexity index is 947. The van der Waals surface area contributed by atoms with Crippen LogP contribution in [-0.2, 0) is 38.6 Å². The van der Waals surface area contributed by atoms with Crippen LogP contribution in [0, 0.1) is 5.92 Å². The van der Waals surface area contributed by atoms with Gasteiger partial charge in [0.25, 0.3) is 0 Å². The molecule has 0 amide bonds. The van der Waals surface area contributed by atoms with Crippen molar-refractivity contribution in [3.05, 3.63) is 71.3 Å². The van der Waals surface area contributed by atoms with Crippen LogP contribution < -0.4 is 11.1 Å². The molecule has 2 aromatic carbocycles. The van der Waals surface area contributed by atoms with Crippen molar-refractivity contribution >= 4 is 17.9 Å². The lowest BCUT2D eigenvalue weighted by Crippen LogP contribution is -2.46. The van der Waals surface area contributed by atoms with Crippen molar-refractivity contribution in [2.24, 2.45) is 11.7 Å². The highest BCUT2D eigenvalue weighted by Crippen LogP contribution is 2.11. The molecule has 0 fully saturated rings. The first-order chi connectivity index (χ1) is 17.5. The van der Waals surface area contributed by atoms with Gasteiger partial charge in [0.2, 0.25) is 0 Å². The van der Waals surface area contributed by atoms with E-state index >= 15 is 0 Å². The van der Waals surface area contributed by atoms with Crippen LogP contribution in [0.5, 0.6) is 0 Å². The SMILES string of the molecule is CC(C)C[C@H](N)C(=O)O.CCCc1ccc(CC[C@H](N[C@H](C)C(=O)OCc2ccccc2)C(=O)O)cc1. The Hall–Kier alpha value is -3.23. The van der Waals surface area contributed by atoms with Crippen molar-refractivity contribution < 1.29 is 29.3 Å². The minimum Gasteiger partial charge on any atom is -0.480 e. The van der Waals surface area contributed by atoms with Crippen LogP contribution in [0.2, 0.25) is 0 Å². The summed E-state index contributed by atoms with van der Waals surface area (Å²) in [5, 5.41) is 20.7. The summed E-state index contributed by atoms with van der Waals surface area (Å²) in [6.45, 7) is 7.84. The van der Waals surface area contributed by atoms with E-state index < -0.39 is 36.0 Å². The van der Waals surface area contributed by atoms with Gasteiger partial charge in [-0.2, -0.15) is 0 Å². The van der Waals surface area contributed by atoms with E-state index in [1.54, 1.807) is 6.92 Å². The van der Waals surface area contributed by atoms with Gasteiger partial charge < -0.3 is 20.7 Å². The number of carbonyl (C=O) groups excluding carboxylic acids is 1. The molecule has 0 heterocycles. The third-order valence-corrected chi connectivity index (χ3v) is 5.65. The van der Waals surface area contributed by atoms with E-state index in [2.05, 4.69) is 24.4 Å². The molecule has 0 aromatic heterocycles. The van der Waals surface area contributed by atoms with Crippen LogP contribution in [-0.4, -0.2) is 46.2 Å². The van der Waals surface area contributed by atoms with Crippen LogP contribution in [0.25, 0.3) is 0 Å². The first kappa shape index (κ1) is 31.8. The highest BCUT2D eigenvalue weighted by molar-refractivity contribution is 5.78. The predicted octanol–water partition coefficient (Wildman–Crippen LogP) is 4.19. The first-order valence-electron chi connectivity index (χ1n) is 12.8. The number of ether oxygens (including phenoxy) is 1. The topological polar surface area (TPSA) is 139 Å². The van der Waals surface area contributed by atoms with Gasteiger partial charge in [-0.3, -0.25) is 19.7 Å².